The van der Waals surface area contributed by atoms with E-state index in [2.05, 4.69) is 4.98 Å². The molecule has 0 bridgehead atoms. The van der Waals surface area contributed by atoms with Crippen molar-refractivity contribution < 1.29 is 8.42 Å². The second kappa shape index (κ2) is 6.81. The number of hydrogen-bond donors (Lipinski definition) is 1. The molecule has 2 rings (SSSR count). The van der Waals surface area contributed by atoms with Crippen LogP contribution in [-0.4, -0.2) is 35.3 Å². The van der Waals surface area contributed by atoms with Crippen molar-refractivity contribution in [2.24, 2.45) is 5.73 Å². The number of aromatic nitrogens is 1. The summed E-state index contributed by atoms with van der Waals surface area (Å²) in [5, 5.41) is 0. The largest absolute Gasteiger partial charge is 0.388 e. The Morgan fingerprint density at radius 2 is 2.05 bits per heavy atom. The first-order valence-corrected chi connectivity index (χ1v) is 9.09. The van der Waals surface area contributed by atoms with Crippen molar-refractivity contribution in [2.75, 3.05) is 6.54 Å². The van der Waals surface area contributed by atoms with Gasteiger partial charge in [-0.25, -0.2) is 8.42 Å². The smallest absolute Gasteiger partial charge is 0.244 e. The van der Waals surface area contributed by atoms with Gasteiger partial charge in [0.15, 0.2) is 0 Å². The summed E-state index contributed by atoms with van der Waals surface area (Å²) in [6.07, 6.45) is 6.59. The van der Waals surface area contributed by atoms with Crippen LogP contribution in [0, 0.1) is 0 Å². The molecular formula is C14H21N3O2S2. The molecule has 116 valence electrons. The molecule has 0 saturated heterocycles. The number of sulfonamides is 1. The molecule has 1 saturated carbocycles. The Kier molecular flexibility index (Phi) is 5.29. The summed E-state index contributed by atoms with van der Waals surface area (Å²) in [7, 11) is -3.51. The van der Waals surface area contributed by atoms with E-state index in [1.54, 1.807) is 10.4 Å². The summed E-state index contributed by atoms with van der Waals surface area (Å²) in [5.74, 6) is 0. The third-order valence-corrected chi connectivity index (χ3v) is 6.11. The highest BCUT2D eigenvalue weighted by atomic mass is 32.2. The lowest BCUT2D eigenvalue weighted by atomic mass is 9.95. The Morgan fingerprint density at radius 3 is 2.52 bits per heavy atom. The first-order chi connectivity index (χ1) is 9.96. The monoisotopic (exact) mass is 327 g/mol. The van der Waals surface area contributed by atoms with Gasteiger partial charge in [0.2, 0.25) is 10.0 Å². The van der Waals surface area contributed by atoms with Crippen molar-refractivity contribution in [3.8, 4) is 0 Å². The minimum Gasteiger partial charge on any atom is -0.388 e. The van der Waals surface area contributed by atoms with E-state index >= 15 is 0 Å². The standard InChI is InChI=1S/C14H21N3O2S2/c1-2-17(11-6-4-3-5-7-11)21(18,19)12-8-9-13(14(15)20)16-10-12/h8-11H,2-7H2,1H3,(H2,15,20). The maximum Gasteiger partial charge on any atom is 0.244 e. The number of nitrogens with two attached hydrogens (primary N) is 1. The molecule has 1 fully saturated rings. The molecule has 1 aliphatic rings. The molecule has 0 atom stereocenters. The Bertz CT molecular complexity index is 593. The molecule has 5 nitrogen and oxygen atoms in total. The number of nitrogens with zero attached hydrogens (tertiary/aromatic N) is 2. The van der Waals surface area contributed by atoms with Gasteiger partial charge in [0.05, 0.1) is 5.69 Å². The molecule has 0 unspecified atom stereocenters. The minimum atomic E-state index is -3.51. The molecular weight excluding hydrogens is 306 g/mol. The van der Waals surface area contributed by atoms with Gasteiger partial charge in [-0.1, -0.05) is 38.4 Å². The molecule has 7 heteroatoms. The van der Waals surface area contributed by atoms with Gasteiger partial charge in [-0.05, 0) is 25.0 Å². The lowest BCUT2D eigenvalue weighted by molar-refractivity contribution is 0.261. The van der Waals surface area contributed by atoms with E-state index in [-0.39, 0.29) is 15.9 Å². The van der Waals surface area contributed by atoms with Gasteiger partial charge in [0.1, 0.15) is 9.88 Å². The maximum absolute atomic E-state index is 12.8. The summed E-state index contributed by atoms with van der Waals surface area (Å²) in [5.41, 5.74) is 5.92. The average molecular weight is 327 g/mol. The lowest BCUT2D eigenvalue weighted by Gasteiger charge is -2.32. The van der Waals surface area contributed by atoms with E-state index in [0.29, 0.717) is 12.2 Å². The zero-order valence-electron chi connectivity index (χ0n) is 12.2. The van der Waals surface area contributed by atoms with Gasteiger partial charge in [-0.3, -0.25) is 4.98 Å². The normalized spacial score (nSPS) is 17.0. The summed E-state index contributed by atoms with van der Waals surface area (Å²) in [4.78, 5) is 4.40. The van der Waals surface area contributed by atoms with Gasteiger partial charge >= 0.3 is 0 Å². The molecule has 1 aromatic rings. The fraction of sp³-hybridized carbons (Fsp3) is 0.571. The van der Waals surface area contributed by atoms with Crippen LogP contribution in [0.4, 0.5) is 0 Å². The van der Waals surface area contributed by atoms with Gasteiger partial charge in [-0.15, -0.1) is 0 Å². The zero-order valence-corrected chi connectivity index (χ0v) is 13.8. The second-order valence-corrected chi connectivity index (χ2v) is 7.57. The molecule has 1 heterocycles. The lowest BCUT2D eigenvalue weighted by Crippen LogP contribution is -2.41. The van der Waals surface area contributed by atoms with Crippen molar-refractivity contribution in [2.45, 2.75) is 50.0 Å². The molecule has 0 amide bonds. The predicted molar refractivity (Wildman–Crippen MR) is 86.6 cm³/mol. The van der Waals surface area contributed by atoms with E-state index in [0.717, 1.165) is 25.7 Å². The summed E-state index contributed by atoms with van der Waals surface area (Å²) in [6, 6.07) is 3.19. The van der Waals surface area contributed by atoms with Crippen LogP contribution in [0.3, 0.4) is 0 Å². The third kappa shape index (κ3) is 3.59. The second-order valence-electron chi connectivity index (χ2n) is 5.24. The van der Waals surface area contributed by atoms with E-state index < -0.39 is 10.0 Å². The van der Waals surface area contributed by atoms with Gasteiger partial charge in [0.25, 0.3) is 0 Å². The molecule has 21 heavy (non-hydrogen) atoms. The average Bonchev–Trinajstić information content (AvgIpc) is 2.49. The van der Waals surface area contributed by atoms with Crippen molar-refractivity contribution in [3.05, 3.63) is 24.0 Å². The Hall–Kier alpha value is -1.05. The van der Waals surface area contributed by atoms with Crippen molar-refractivity contribution in [1.29, 1.82) is 0 Å². The van der Waals surface area contributed by atoms with Crippen LogP contribution in [0.1, 0.15) is 44.7 Å². The Labute approximate surface area is 131 Å². The van der Waals surface area contributed by atoms with Crippen molar-refractivity contribution >= 4 is 27.2 Å². The highest BCUT2D eigenvalue weighted by Crippen LogP contribution is 2.27. The zero-order chi connectivity index (χ0) is 15.5. The fourth-order valence-corrected chi connectivity index (χ4v) is 4.57. The van der Waals surface area contributed by atoms with Crippen LogP contribution in [0.25, 0.3) is 0 Å². The van der Waals surface area contributed by atoms with Crippen LogP contribution in [0.2, 0.25) is 0 Å². The Morgan fingerprint density at radius 1 is 1.38 bits per heavy atom. The molecule has 0 spiro atoms. The molecule has 0 aromatic carbocycles. The van der Waals surface area contributed by atoms with Gasteiger partial charge < -0.3 is 5.73 Å². The first-order valence-electron chi connectivity index (χ1n) is 7.24. The fourth-order valence-electron chi connectivity index (χ4n) is 2.81. The van der Waals surface area contributed by atoms with Gasteiger partial charge in [0, 0.05) is 18.8 Å². The number of thiocarbonyl (C=S) groups is 1. The minimum absolute atomic E-state index is 0.101. The van der Waals surface area contributed by atoms with E-state index in [1.165, 1.54) is 18.7 Å². The summed E-state index contributed by atoms with van der Waals surface area (Å²) < 4.78 is 27.1. The third-order valence-electron chi connectivity index (χ3n) is 3.89. The molecule has 1 aromatic heterocycles. The SMILES string of the molecule is CCN(C1CCCCC1)S(=O)(=O)c1ccc(C(N)=S)nc1. The molecule has 2 N–H and O–H groups in total. The van der Waals surface area contributed by atoms with Crippen LogP contribution in [0.15, 0.2) is 23.2 Å². The van der Waals surface area contributed by atoms with Crippen LogP contribution in [-0.2, 0) is 10.0 Å². The topological polar surface area (TPSA) is 76.3 Å². The maximum atomic E-state index is 12.8. The molecule has 1 aliphatic carbocycles. The molecule has 0 aliphatic heterocycles. The van der Waals surface area contributed by atoms with Gasteiger partial charge in [-0.2, -0.15) is 4.31 Å². The van der Waals surface area contributed by atoms with Crippen LogP contribution in [0.5, 0.6) is 0 Å². The van der Waals surface area contributed by atoms with Crippen molar-refractivity contribution in [1.82, 2.24) is 9.29 Å². The quantitative estimate of drug-likeness (QED) is 0.838. The van der Waals surface area contributed by atoms with E-state index in [9.17, 15) is 8.42 Å². The number of hydrogen-bond acceptors (Lipinski definition) is 4. The number of rotatable bonds is 5. The highest BCUT2D eigenvalue weighted by molar-refractivity contribution is 7.89. The molecule has 0 radical (unpaired) electrons. The van der Waals surface area contributed by atoms with Crippen LogP contribution < -0.4 is 5.73 Å². The number of pyridine rings is 1. The summed E-state index contributed by atoms with van der Waals surface area (Å²) >= 11 is 4.83. The van der Waals surface area contributed by atoms with Crippen LogP contribution >= 0.6 is 12.2 Å². The Balaban J connectivity index is 2.27. The van der Waals surface area contributed by atoms with Crippen molar-refractivity contribution in [3.63, 3.8) is 0 Å². The summed E-state index contributed by atoms with van der Waals surface area (Å²) in [6.45, 7) is 2.35. The highest BCUT2D eigenvalue weighted by Gasteiger charge is 2.31. The van der Waals surface area contributed by atoms with E-state index in [1.807, 2.05) is 6.92 Å². The first kappa shape index (κ1) is 16.3. The van der Waals surface area contributed by atoms with E-state index in [4.69, 9.17) is 18.0 Å². The predicted octanol–water partition coefficient (Wildman–Crippen LogP) is 2.06.